The van der Waals surface area contributed by atoms with Crippen molar-refractivity contribution in [3.8, 4) is 0 Å². The van der Waals surface area contributed by atoms with Gasteiger partial charge in [0.2, 0.25) is 0 Å². The molecule has 0 bridgehead atoms. The molecule has 0 saturated carbocycles. The molecule has 0 aliphatic carbocycles. The van der Waals surface area contributed by atoms with Gasteiger partial charge in [-0.05, 0) is 14.0 Å². The molecule has 1 heterocycles. The van der Waals surface area contributed by atoms with Crippen LogP contribution in [-0.4, -0.2) is 38.0 Å². The highest BCUT2D eigenvalue weighted by Crippen LogP contribution is 2.11. The largest absolute Gasteiger partial charge is 0.289 e. The quantitative estimate of drug-likeness (QED) is 0.474. The Bertz CT molecular complexity index is 181. The van der Waals surface area contributed by atoms with Crippen LogP contribution >= 0.6 is 0 Å². The summed E-state index contributed by atoms with van der Waals surface area (Å²) in [6.45, 7) is 1.92. The highest BCUT2D eigenvalue weighted by atomic mass is 32.2. The van der Waals surface area contributed by atoms with E-state index in [-0.39, 0.29) is 11.9 Å². The van der Waals surface area contributed by atoms with Gasteiger partial charge in [0.05, 0.1) is 5.75 Å². The van der Waals surface area contributed by atoms with E-state index in [0.717, 1.165) is 0 Å². The average molecular weight is 149 g/mol. The summed E-state index contributed by atoms with van der Waals surface area (Å²) in [6, 6.07) is 0.204. The smallest absolute Gasteiger partial charge is 0.164 e. The van der Waals surface area contributed by atoms with E-state index >= 15 is 0 Å². The maximum Gasteiger partial charge on any atom is 0.164 e. The first-order valence-corrected chi connectivity index (χ1v) is 4.74. The van der Waals surface area contributed by atoms with Crippen LogP contribution in [-0.2, 0) is 9.84 Å². The molecule has 1 atom stereocenters. The maximum absolute atomic E-state index is 10.8. The van der Waals surface area contributed by atoms with Gasteiger partial charge in [-0.3, -0.25) is 4.90 Å². The first-order valence-electron chi connectivity index (χ1n) is 2.92. The highest BCUT2D eigenvalue weighted by Gasteiger charge is 2.28. The molecule has 1 saturated heterocycles. The molecule has 1 aliphatic rings. The monoisotopic (exact) mass is 149 g/mol. The van der Waals surface area contributed by atoms with Crippen LogP contribution in [0.25, 0.3) is 0 Å². The third-order valence-corrected chi connectivity index (χ3v) is 3.44. The lowest BCUT2D eigenvalue weighted by atomic mass is 10.4. The fourth-order valence-electron chi connectivity index (χ4n) is 0.985. The van der Waals surface area contributed by atoms with Gasteiger partial charge in [0.1, 0.15) is 5.88 Å². The van der Waals surface area contributed by atoms with Crippen molar-refractivity contribution in [2.45, 2.75) is 13.0 Å². The van der Waals surface area contributed by atoms with Gasteiger partial charge in [-0.15, -0.1) is 0 Å². The zero-order valence-corrected chi connectivity index (χ0v) is 6.48. The molecule has 0 spiro atoms. The molecule has 0 aromatic rings. The van der Waals surface area contributed by atoms with Crippen molar-refractivity contribution in [3.05, 3.63) is 0 Å². The predicted molar refractivity (Wildman–Crippen MR) is 35.9 cm³/mol. The summed E-state index contributed by atoms with van der Waals surface area (Å²) in [4.78, 5) is 1.84. The molecule has 1 aliphatic heterocycles. The van der Waals surface area contributed by atoms with Crippen molar-refractivity contribution in [2.75, 3.05) is 18.7 Å². The Labute approximate surface area is 55.6 Å². The van der Waals surface area contributed by atoms with E-state index in [0.29, 0.717) is 5.75 Å². The van der Waals surface area contributed by atoms with Crippen LogP contribution in [0.1, 0.15) is 6.92 Å². The summed E-state index contributed by atoms with van der Waals surface area (Å²) in [5, 5.41) is 0. The van der Waals surface area contributed by atoms with Crippen molar-refractivity contribution in [2.24, 2.45) is 0 Å². The van der Waals surface area contributed by atoms with E-state index in [2.05, 4.69) is 0 Å². The summed E-state index contributed by atoms with van der Waals surface area (Å²) in [7, 11) is -0.890. The zero-order valence-electron chi connectivity index (χ0n) is 5.66. The number of hydrogen-bond acceptors (Lipinski definition) is 3. The Morgan fingerprint density at radius 3 is 2.22 bits per heavy atom. The molecule has 3 nitrogen and oxygen atoms in total. The molecular weight excluding hydrogens is 138 g/mol. The standard InChI is InChI=1S/C5H11NO2S/c1-5-3-9(7,8)4-6(5)2/h5H,3-4H2,1-2H3/t5-/m1/s1. The molecule has 1 rings (SSSR count). The summed E-state index contributed by atoms with van der Waals surface area (Å²) in [5.41, 5.74) is 0. The van der Waals surface area contributed by atoms with E-state index in [1.807, 2.05) is 18.9 Å². The third-order valence-electron chi connectivity index (χ3n) is 1.65. The van der Waals surface area contributed by atoms with Crippen molar-refractivity contribution in [1.29, 1.82) is 0 Å². The molecule has 0 aromatic carbocycles. The molecule has 0 unspecified atom stereocenters. The van der Waals surface area contributed by atoms with Crippen LogP contribution in [0.3, 0.4) is 0 Å². The lowest BCUT2D eigenvalue weighted by Crippen LogP contribution is -2.22. The molecule has 1 fully saturated rings. The average Bonchev–Trinajstić information content (AvgIpc) is 1.79. The van der Waals surface area contributed by atoms with Gasteiger partial charge in [0, 0.05) is 6.04 Å². The third kappa shape index (κ3) is 1.43. The van der Waals surface area contributed by atoms with Crippen molar-refractivity contribution in [3.63, 3.8) is 0 Å². The second-order valence-electron chi connectivity index (χ2n) is 2.65. The molecule has 4 heteroatoms. The normalized spacial score (nSPS) is 35.1. The Morgan fingerprint density at radius 1 is 1.56 bits per heavy atom. The van der Waals surface area contributed by atoms with Gasteiger partial charge in [-0.2, -0.15) is 0 Å². The lowest BCUT2D eigenvalue weighted by molar-refractivity contribution is 0.343. The molecular formula is C5H11NO2S. The minimum atomic E-state index is -2.72. The van der Waals surface area contributed by atoms with Crippen LogP contribution in [0.15, 0.2) is 0 Å². The first kappa shape index (κ1) is 7.02. The van der Waals surface area contributed by atoms with Crippen LogP contribution in [0, 0.1) is 0 Å². The molecule has 0 aromatic heterocycles. The number of hydrogen-bond donors (Lipinski definition) is 0. The Balaban J connectivity index is 2.77. The van der Waals surface area contributed by atoms with Crippen molar-refractivity contribution in [1.82, 2.24) is 4.90 Å². The van der Waals surface area contributed by atoms with E-state index in [1.54, 1.807) is 0 Å². The van der Waals surface area contributed by atoms with Gasteiger partial charge in [-0.25, -0.2) is 8.42 Å². The summed E-state index contributed by atoms with van der Waals surface area (Å²) in [6.07, 6.45) is 0. The van der Waals surface area contributed by atoms with Crippen LogP contribution in [0.4, 0.5) is 0 Å². The number of sulfone groups is 1. The number of rotatable bonds is 0. The van der Waals surface area contributed by atoms with Crippen molar-refractivity contribution >= 4 is 9.84 Å². The minimum absolute atomic E-state index is 0.204. The summed E-state index contributed by atoms with van der Waals surface area (Å²) in [5.74, 6) is 0.553. The van der Waals surface area contributed by atoms with E-state index in [9.17, 15) is 8.42 Å². The maximum atomic E-state index is 10.8. The highest BCUT2D eigenvalue weighted by molar-refractivity contribution is 7.91. The molecule has 9 heavy (non-hydrogen) atoms. The Morgan fingerprint density at radius 2 is 2.11 bits per heavy atom. The molecule has 0 N–H and O–H groups in total. The lowest BCUT2D eigenvalue weighted by Gasteiger charge is -2.09. The van der Waals surface area contributed by atoms with Gasteiger partial charge >= 0.3 is 0 Å². The fraction of sp³-hybridized carbons (Fsp3) is 1.00. The molecule has 0 amide bonds. The Kier molecular flexibility index (Phi) is 1.52. The minimum Gasteiger partial charge on any atom is -0.289 e. The van der Waals surface area contributed by atoms with Gasteiger partial charge < -0.3 is 0 Å². The van der Waals surface area contributed by atoms with Crippen LogP contribution < -0.4 is 0 Å². The van der Waals surface area contributed by atoms with E-state index in [1.165, 1.54) is 0 Å². The van der Waals surface area contributed by atoms with Crippen LogP contribution in [0.2, 0.25) is 0 Å². The SMILES string of the molecule is C[C@@H]1CS(=O)(=O)CN1C. The van der Waals surface area contributed by atoms with Crippen molar-refractivity contribution < 1.29 is 8.42 Å². The second-order valence-corrected chi connectivity index (χ2v) is 4.72. The second kappa shape index (κ2) is 1.95. The van der Waals surface area contributed by atoms with E-state index in [4.69, 9.17) is 0 Å². The van der Waals surface area contributed by atoms with Gasteiger partial charge in [-0.1, -0.05) is 0 Å². The van der Waals surface area contributed by atoms with Gasteiger partial charge in [0.25, 0.3) is 0 Å². The van der Waals surface area contributed by atoms with E-state index < -0.39 is 9.84 Å². The molecule has 54 valence electrons. The summed E-state index contributed by atoms with van der Waals surface area (Å²) >= 11 is 0. The molecule has 0 radical (unpaired) electrons. The number of nitrogens with zero attached hydrogens (tertiary/aromatic N) is 1. The fourth-order valence-corrected chi connectivity index (χ4v) is 2.95. The zero-order chi connectivity index (χ0) is 7.07. The summed E-state index contributed by atoms with van der Waals surface area (Å²) < 4.78 is 21.6. The predicted octanol–water partition coefficient (Wildman–Crippen LogP) is -0.307. The Hall–Kier alpha value is -0.0900. The van der Waals surface area contributed by atoms with Crippen LogP contribution in [0.5, 0.6) is 0 Å². The topological polar surface area (TPSA) is 37.4 Å². The van der Waals surface area contributed by atoms with Gasteiger partial charge in [0.15, 0.2) is 9.84 Å². The first-order chi connectivity index (χ1) is 4.01.